The SMILES string of the molecule is Cc1cccc(NC(=O)CSc2nc3c4c(sc3c(=O)n2-c2ccccc2)CCCC4)c1C. The van der Waals surface area contributed by atoms with Crippen LogP contribution < -0.4 is 10.9 Å². The lowest BCUT2D eigenvalue weighted by Gasteiger charge is -2.14. The first-order valence-electron chi connectivity index (χ1n) is 11.1. The summed E-state index contributed by atoms with van der Waals surface area (Å²) in [6.45, 7) is 4.03. The number of carbonyl (C=O) groups is 1. The van der Waals surface area contributed by atoms with Crippen molar-refractivity contribution in [2.45, 2.75) is 44.7 Å². The first-order valence-corrected chi connectivity index (χ1v) is 12.9. The van der Waals surface area contributed by atoms with Crippen LogP contribution in [0.5, 0.6) is 0 Å². The molecular formula is C26H25N3O2S2. The number of carbonyl (C=O) groups excluding carboxylic acids is 1. The largest absolute Gasteiger partial charge is 0.325 e. The molecule has 0 spiro atoms. The standard InChI is InChI=1S/C26H25N3O2S2/c1-16-9-8-13-20(17(16)2)27-22(30)15-32-26-28-23-19-12-6-7-14-21(19)33-24(23)25(31)29(26)18-10-4-3-5-11-18/h3-5,8-11,13H,6-7,12,14-15H2,1-2H3,(H,27,30). The summed E-state index contributed by atoms with van der Waals surface area (Å²) in [5, 5.41) is 3.56. The Hall–Kier alpha value is -2.90. The van der Waals surface area contributed by atoms with Crippen LogP contribution in [-0.4, -0.2) is 21.2 Å². The number of thiophene rings is 1. The number of thioether (sulfide) groups is 1. The highest BCUT2D eigenvalue weighted by Gasteiger charge is 2.23. The lowest BCUT2D eigenvalue weighted by Crippen LogP contribution is -2.22. The molecule has 0 unspecified atom stereocenters. The molecule has 0 saturated heterocycles. The van der Waals surface area contributed by atoms with Crippen molar-refractivity contribution in [1.29, 1.82) is 0 Å². The van der Waals surface area contributed by atoms with E-state index in [-0.39, 0.29) is 17.2 Å². The van der Waals surface area contributed by atoms with E-state index < -0.39 is 0 Å². The van der Waals surface area contributed by atoms with E-state index in [0.717, 1.165) is 58.4 Å². The van der Waals surface area contributed by atoms with Gasteiger partial charge >= 0.3 is 0 Å². The van der Waals surface area contributed by atoms with Gasteiger partial charge < -0.3 is 5.32 Å². The molecule has 2 aromatic carbocycles. The maximum absolute atomic E-state index is 13.6. The summed E-state index contributed by atoms with van der Waals surface area (Å²) in [4.78, 5) is 32.6. The maximum Gasteiger partial charge on any atom is 0.276 e. The number of anilines is 1. The van der Waals surface area contributed by atoms with Gasteiger partial charge in [0.05, 0.1) is 17.0 Å². The molecule has 0 atom stereocenters. The summed E-state index contributed by atoms with van der Waals surface area (Å²) >= 11 is 2.90. The Balaban J connectivity index is 1.51. The normalized spacial score (nSPS) is 13.2. The molecule has 2 aromatic heterocycles. The van der Waals surface area contributed by atoms with Gasteiger partial charge in [-0.1, -0.05) is 42.1 Å². The van der Waals surface area contributed by atoms with E-state index in [0.29, 0.717) is 5.16 Å². The summed E-state index contributed by atoms with van der Waals surface area (Å²) in [6.07, 6.45) is 4.27. The number of hydrogen-bond acceptors (Lipinski definition) is 5. The van der Waals surface area contributed by atoms with Gasteiger partial charge in [-0.05, 0) is 74.4 Å². The predicted molar refractivity (Wildman–Crippen MR) is 137 cm³/mol. The van der Waals surface area contributed by atoms with Crippen LogP contribution in [0, 0.1) is 13.8 Å². The average Bonchev–Trinajstić information content (AvgIpc) is 3.20. The Kier molecular flexibility index (Phi) is 6.08. The van der Waals surface area contributed by atoms with Crippen LogP contribution >= 0.6 is 23.1 Å². The van der Waals surface area contributed by atoms with Crippen LogP contribution in [0.25, 0.3) is 15.9 Å². The van der Waals surface area contributed by atoms with E-state index in [1.165, 1.54) is 22.2 Å². The van der Waals surface area contributed by atoms with E-state index >= 15 is 0 Å². The van der Waals surface area contributed by atoms with Crippen molar-refractivity contribution in [1.82, 2.24) is 9.55 Å². The van der Waals surface area contributed by atoms with Gasteiger partial charge in [0.25, 0.3) is 5.56 Å². The van der Waals surface area contributed by atoms with Crippen LogP contribution in [0.15, 0.2) is 58.5 Å². The van der Waals surface area contributed by atoms with Crippen molar-refractivity contribution in [2.24, 2.45) is 0 Å². The van der Waals surface area contributed by atoms with Crippen molar-refractivity contribution in [3.8, 4) is 5.69 Å². The fourth-order valence-corrected chi connectivity index (χ4v) is 6.32. The summed E-state index contributed by atoms with van der Waals surface area (Å²) in [6, 6.07) is 15.4. The second kappa shape index (κ2) is 9.15. The Morgan fingerprint density at radius 2 is 1.88 bits per heavy atom. The number of aryl methyl sites for hydroxylation is 3. The molecule has 33 heavy (non-hydrogen) atoms. The number of fused-ring (bicyclic) bond motifs is 3. The third kappa shape index (κ3) is 4.23. The molecule has 7 heteroatoms. The molecule has 0 fully saturated rings. The third-order valence-corrected chi connectivity index (χ3v) is 8.37. The fourth-order valence-electron chi connectivity index (χ4n) is 4.25. The average molecular weight is 476 g/mol. The zero-order valence-electron chi connectivity index (χ0n) is 18.7. The molecule has 1 aliphatic rings. The molecule has 0 saturated carbocycles. The molecule has 4 aromatic rings. The number of nitrogens with one attached hydrogen (secondary N) is 1. The van der Waals surface area contributed by atoms with Crippen LogP contribution in [0.4, 0.5) is 5.69 Å². The summed E-state index contributed by atoms with van der Waals surface area (Å²) in [5.74, 6) is 0.0554. The Morgan fingerprint density at radius 3 is 2.70 bits per heavy atom. The summed E-state index contributed by atoms with van der Waals surface area (Å²) in [5.41, 5.74) is 5.76. The lowest BCUT2D eigenvalue weighted by molar-refractivity contribution is -0.113. The smallest absolute Gasteiger partial charge is 0.276 e. The maximum atomic E-state index is 13.6. The molecule has 1 N–H and O–H groups in total. The van der Waals surface area contributed by atoms with Crippen molar-refractivity contribution in [2.75, 3.05) is 11.1 Å². The second-order valence-electron chi connectivity index (χ2n) is 8.34. The molecule has 1 aliphatic carbocycles. The van der Waals surface area contributed by atoms with Crippen LogP contribution in [0.3, 0.4) is 0 Å². The number of nitrogens with zero attached hydrogens (tertiary/aromatic N) is 2. The second-order valence-corrected chi connectivity index (χ2v) is 10.4. The van der Waals surface area contributed by atoms with Gasteiger partial charge in [0.1, 0.15) is 4.70 Å². The first-order chi connectivity index (χ1) is 16.0. The monoisotopic (exact) mass is 475 g/mol. The molecule has 0 bridgehead atoms. The molecule has 0 aliphatic heterocycles. The fraction of sp³-hybridized carbons (Fsp3) is 0.269. The van der Waals surface area contributed by atoms with Gasteiger partial charge in [-0.2, -0.15) is 0 Å². The van der Waals surface area contributed by atoms with Crippen molar-refractivity contribution < 1.29 is 4.79 Å². The highest BCUT2D eigenvalue weighted by Crippen LogP contribution is 2.35. The lowest BCUT2D eigenvalue weighted by atomic mass is 9.98. The molecule has 1 amide bonds. The minimum absolute atomic E-state index is 0.0527. The zero-order valence-corrected chi connectivity index (χ0v) is 20.3. The van der Waals surface area contributed by atoms with Crippen LogP contribution in [0.1, 0.15) is 34.4 Å². The molecule has 168 valence electrons. The third-order valence-electron chi connectivity index (χ3n) is 6.16. The minimum atomic E-state index is -0.116. The van der Waals surface area contributed by atoms with Crippen molar-refractivity contribution >= 4 is 44.9 Å². The molecule has 5 rings (SSSR count). The van der Waals surface area contributed by atoms with E-state index in [1.807, 2.05) is 62.4 Å². The van der Waals surface area contributed by atoms with Gasteiger partial charge in [0.2, 0.25) is 5.91 Å². The summed E-state index contributed by atoms with van der Waals surface area (Å²) < 4.78 is 2.37. The van der Waals surface area contributed by atoms with Crippen molar-refractivity contribution in [3.05, 3.63) is 80.5 Å². The predicted octanol–water partition coefficient (Wildman–Crippen LogP) is 5.67. The van der Waals surface area contributed by atoms with Gasteiger partial charge in [-0.15, -0.1) is 11.3 Å². The number of benzene rings is 2. The van der Waals surface area contributed by atoms with E-state index in [9.17, 15) is 9.59 Å². The highest BCUT2D eigenvalue weighted by atomic mass is 32.2. The molecule has 5 nitrogen and oxygen atoms in total. The minimum Gasteiger partial charge on any atom is -0.325 e. The highest BCUT2D eigenvalue weighted by molar-refractivity contribution is 7.99. The van der Waals surface area contributed by atoms with Gasteiger partial charge in [-0.3, -0.25) is 14.2 Å². The molecule has 0 radical (unpaired) electrons. The first kappa shape index (κ1) is 21.9. The van der Waals surface area contributed by atoms with Crippen LogP contribution in [-0.2, 0) is 17.6 Å². The Labute approximate surface area is 200 Å². The van der Waals surface area contributed by atoms with Crippen molar-refractivity contribution in [3.63, 3.8) is 0 Å². The number of para-hydroxylation sites is 1. The quantitative estimate of drug-likeness (QED) is 0.298. The Bertz CT molecular complexity index is 1410. The van der Waals surface area contributed by atoms with Gasteiger partial charge in [-0.25, -0.2) is 4.98 Å². The summed E-state index contributed by atoms with van der Waals surface area (Å²) in [7, 11) is 0. The topological polar surface area (TPSA) is 64.0 Å². The number of hydrogen-bond donors (Lipinski definition) is 1. The van der Waals surface area contributed by atoms with E-state index in [2.05, 4.69) is 5.32 Å². The van der Waals surface area contributed by atoms with E-state index in [1.54, 1.807) is 15.9 Å². The number of rotatable bonds is 5. The van der Waals surface area contributed by atoms with Gasteiger partial charge in [0, 0.05) is 10.6 Å². The molecule has 2 heterocycles. The number of aromatic nitrogens is 2. The Morgan fingerprint density at radius 1 is 1.09 bits per heavy atom. The van der Waals surface area contributed by atoms with E-state index in [4.69, 9.17) is 4.98 Å². The zero-order chi connectivity index (χ0) is 22.9. The van der Waals surface area contributed by atoms with Gasteiger partial charge in [0.15, 0.2) is 5.16 Å². The number of amides is 1. The molecular weight excluding hydrogens is 450 g/mol. The van der Waals surface area contributed by atoms with Crippen LogP contribution in [0.2, 0.25) is 0 Å².